The number of rotatable bonds is 3. The summed E-state index contributed by atoms with van der Waals surface area (Å²) < 4.78 is 0. The molecule has 3 rings (SSSR count). The van der Waals surface area contributed by atoms with Gasteiger partial charge in [-0.3, -0.25) is 0 Å². The Kier molecular flexibility index (Phi) is 3.69. The highest BCUT2D eigenvalue weighted by Gasteiger charge is 2.14. The van der Waals surface area contributed by atoms with Crippen molar-refractivity contribution in [2.24, 2.45) is 0 Å². The van der Waals surface area contributed by atoms with Gasteiger partial charge in [0.1, 0.15) is 5.82 Å². The summed E-state index contributed by atoms with van der Waals surface area (Å²) >= 11 is 6.19. The van der Waals surface area contributed by atoms with Gasteiger partial charge in [0.05, 0.1) is 0 Å². The number of hydrogen-bond acceptors (Lipinski definition) is 2. The number of benzene rings is 1. The molecular weight excluding hydrogens is 256 g/mol. The minimum atomic E-state index is 0.596. The molecular formula is C16H17ClN2. The average molecular weight is 273 g/mol. The molecule has 0 unspecified atom stereocenters. The number of aromatic nitrogens is 1. The van der Waals surface area contributed by atoms with Gasteiger partial charge in [0.25, 0.3) is 0 Å². The highest BCUT2D eigenvalue weighted by molar-refractivity contribution is 6.33. The Morgan fingerprint density at radius 3 is 2.53 bits per heavy atom. The van der Waals surface area contributed by atoms with Crippen LogP contribution in [0.1, 0.15) is 25.7 Å². The molecule has 0 atom stereocenters. The van der Waals surface area contributed by atoms with Crippen LogP contribution in [0, 0.1) is 0 Å². The highest BCUT2D eigenvalue weighted by atomic mass is 35.5. The molecule has 0 aliphatic heterocycles. The van der Waals surface area contributed by atoms with Gasteiger partial charge < -0.3 is 5.32 Å². The Bertz CT molecular complexity index is 545. The Hall–Kier alpha value is -1.54. The van der Waals surface area contributed by atoms with Crippen LogP contribution in [0.2, 0.25) is 5.02 Å². The normalized spacial score (nSPS) is 15.6. The number of nitrogens with one attached hydrogen (secondary N) is 1. The Labute approximate surface area is 118 Å². The molecule has 2 nitrogen and oxygen atoms in total. The van der Waals surface area contributed by atoms with Gasteiger partial charge in [0.2, 0.25) is 0 Å². The van der Waals surface area contributed by atoms with Crippen LogP contribution in [-0.2, 0) is 0 Å². The van der Waals surface area contributed by atoms with Crippen molar-refractivity contribution >= 4 is 17.4 Å². The minimum Gasteiger partial charge on any atom is -0.367 e. The summed E-state index contributed by atoms with van der Waals surface area (Å²) in [5.74, 6) is 0.961. The van der Waals surface area contributed by atoms with Crippen LogP contribution in [0.5, 0.6) is 0 Å². The van der Waals surface area contributed by atoms with E-state index >= 15 is 0 Å². The maximum absolute atomic E-state index is 6.19. The van der Waals surface area contributed by atoms with Gasteiger partial charge in [0, 0.05) is 28.4 Å². The van der Waals surface area contributed by atoms with Crippen LogP contribution >= 0.6 is 11.6 Å². The molecule has 2 aromatic rings. The lowest BCUT2D eigenvalue weighted by atomic mass is 10.1. The first kappa shape index (κ1) is 12.5. The van der Waals surface area contributed by atoms with Crippen LogP contribution in [-0.4, -0.2) is 11.0 Å². The first-order chi connectivity index (χ1) is 9.33. The van der Waals surface area contributed by atoms with Crippen molar-refractivity contribution in [1.82, 2.24) is 4.98 Å². The molecule has 98 valence electrons. The predicted molar refractivity (Wildman–Crippen MR) is 80.6 cm³/mol. The molecule has 1 aliphatic rings. The summed E-state index contributed by atoms with van der Waals surface area (Å²) in [6, 6.07) is 12.6. The second-order valence-electron chi connectivity index (χ2n) is 5.04. The summed E-state index contributed by atoms with van der Waals surface area (Å²) in [6.07, 6.45) is 7.06. The van der Waals surface area contributed by atoms with E-state index in [1.807, 2.05) is 36.5 Å². The first-order valence-electron chi connectivity index (χ1n) is 6.80. The van der Waals surface area contributed by atoms with Crippen LogP contribution in [0.4, 0.5) is 5.82 Å². The van der Waals surface area contributed by atoms with Gasteiger partial charge in [-0.1, -0.05) is 42.6 Å². The summed E-state index contributed by atoms with van der Waals surface area (Å²) in [5.41, 5.74) is 2.09. The van der Waals surface area contributed by atoms with Gasteiger partial charge in [-0.05, 0) is 31.0 Å². The summed E-state index contributed by atoms with van der Waals surface area (Å²) in [6.45, 7) is 0. The summed E-state index contributed by atoms with van der Waals surface area (Å²) in [5, 5.41) is 4.25. The quantitative estimate of drug-likeness (QED) is 0.872. The summed E-state index contributed by atoms with van der Waals surface area (Å²) in [7, 11) is 0. The van der Waals surface area contributed by atoms with Gasteiger partial charge in [-0.25, -0.2) is 4.98 Å². The molecule has 1 N–H and O–H groups in total. The molecule has 1 aromatic carbocycles. The van der Waals surface area contributed by atoms with Crippen molar-refractivity contribution in [3.8, 4) is 11.1 Å². The van der Waals surface area contributed by atoms with E-state index in [9.17, 15) is 0 Å². The molecule has 1 aromatic heterocycles. The molecule has 0 spiro atoms. The third-order valence-corrected chi connectivity index (χ3v) is 3.99. The van der Waals surface area contributed by atoms with E-state index in [1.54, 1.807) is 0 Å². The maximum Gasteiger partial charge on any atom is 0.126 e. The fraction of sp³-hybridized carbons (Fsp3) is 0.312. The minimum absolute atomic E-state index is 0.596. The molecule has 0 radical (unpaired) electrons. The lowest BCUT2D eigenvalue weighted by Crippen LogP contribution is -2.15. The standard InChI is InChI=1S/C16H17ClN2/c17-15-8-4-3-7-14(15)12-9-10-16(18-11-12)19-13-5-1-2-6-13/h3-4,7-11,13H,1-2,5-6H2,(H,18,19). The lowest BCUT2D eigenvalue weighted by molar-refractivity contribution is 0.750. The van der Waals surface area contributed by atoms with Gasteiger partial charge in [0.15, 0.2) is 0 Å². The molecule has 1 saturated carbocycles. The topological polar surface area (TPSA) is 24.9 Å². The Balaban J connectivity index is 1.77. The number of halogens is 1. The van der Waals surface area contributed by atoms with Crippen molar-refractivity contribution in [3.05, 3.63) is 47.6 Å². The molecule has 3 heteroatoms. The SMILES string of the molecule is Clc1ccccc1-c1ccc(NC2CCCC2)nc1. The van der Waals surface area contributed by atoms with E-state index in [4.69, 9.17) is 11.6 Å². The number of hydrogen-bond donors (Lipinski definition) is 1. The fourth-order valence-electron chi connectivity index (χ4n) is 2.61. The van der Waals surface area contributed by atoms with Crippen LogP contribution in [0.25, 0.3) is 11.1 Å². The van der Waals surface area contributed by atoms with Gasteiger partial charge in [-0.15, -0.1) is 0 Å². The van der Waals surface area contributed by atoms with Crippen molar-refractivity contribution in [3.63, 3.8) is 0 Å². The van der Waals surface area contributed by atoms with Crippen LogP contribution in [0.3, 0.4) is 0 Å². The molecule has 1 fully saturated rings. The second kappa shape index (κ2) is 5.62. The zero-order valence-corrected chi connectivity index (χ0v) is 11.5. The zero-order chi connectivity index (χ0) is 13.1. The highest BCUT2D eigenvalue weighted by Crippen LogP contribution is 2.28. The molecule has 1 aliphatic carbocycles. The molecule has 1 heterocycles. The molecule has 0 bridgehead atoms. The number of anilines is 1. The Morgan fingerprint density at radius 2 is 1.84 bits per heavy atom. The second-order valence-corrected chi connectivity index (χ2v) is 5.44. The number of pyridine rings is 1. The smallest absolute Gasteiger partial charge is 0.126 e. The van der Waals surface area contributed by atoms with Crippen molar-refractivity contribution in [1.29, 1.82) is 0 Å². The van der Waals surface area contributed by atoms with Crippen LogP contribution < -0.4 is 5.32 Å². The van der Waals surface area contributed by atoms with Crippen molar-refractivity contribution < 1.29 is 0 Å². The fourth-order valence-corrected chi connectivity index (χ4v) is 2.86. The van der Waals surface area contributed by atoms with Crippen molar-refractivity contribution in [2.45, 2.75) is 31.7 Å². The maximum atomic E-state index is 6.19. The van der Waals surface area contributed by atoms with E-state index < -0.39 is 0 Å². The summed E-state index contributed by atoms with van der Waals surface area (Å²) in [4.78, 5) is 4.49. The largest absolute Gasteiger partial charge is 0.367 e. The van der Waals surface area contributed by atoms with Crippen molar-refractivity contribution in [2.75, 3.05) is 5.32 Å². The average Bonchev–Trinajstić information content (AvgIpc) is 2.93. The Morgan fingerprint density at radius 1 is 1.05 bits per heavy atom. The van der Waals surface area contributed by atoms with Gasteiger partial charge >= 0.3 is 0 Å². The van der Waals surface area contributed by atoms with E-state index in [0.29, 0.717) is 6.04 Å². The van der Waals surface area contributed by atoms with E-state index in [-0.39, 0.29) is 0 Å². The lowest BCUT2D eigenvalue weighted by Gasteiger charge is -2.13. The predicted octanol–water partition coefficient (Wildman–Crippen LogP) is 4.76. The molecule has 0 saturated heterocycles. The molecule has 0 amide bonds. The van der Waals surface area contributed by atoms with Crippen LogP contribution in [0.15, 0.2) is 42.6 Å². The monoisotopic (exact) mass is 272 g/mol. The third kappa shape index (κ3) is 2.90. The van der Waals surface area contributed by atoms with E-state index in [1.165, 1.54) is 25.7 Å². The number of nitrogens with zero attached hydrogens (tertiary/aromatic N) is 1. The first-order valence-corrected chi connectivity index (χ1v) is 7.18. The zero-order valence-electron chi connectivity index (χ0n) is 10.8. The third-order valence-electron chi connectivity index (χ3n) is 3.66. The van der Waals surface area contributed by atoms with Gasteiger partial charge in [-0.2, -0.15) is 0 Å². The van der Waals surface area contributed by atoms with E-state index in [2.05, 4.69) is 16.4 Å². The van der Waals surface area contributed by atoms with E-state index in [0.717, 1.165) is 22.0 Å². The molecule has 19 heavy (non-hydrogen) atoms.